The van der Waals surface area contributed by atoms with Crippen molar-refractivity contribution in [1.29, 1.82) is 0 Å². The fourth-order valence-electron chi connectivity index (χ4n) is 3.57. The fraction of sp³-hybridized carbons (Fsp3) is 0.435. The lowest BCUT2D eigenvalue weighted by Gasteiger charge is -2.45. The molecule has 1 heterocycles. The fourth-order valence-corrected chi connectivity index (χ4v) is 3.57. The van der Waals surface area contributed by atoms with Gasteiger partial charge in [0.1, 0.15) is 24.4 Å². The summed E-state index contributed by atoms with van der Waals surface area (Å²) in [5, 5.41) is 12.8. The second kappa shape index (κ2) is 11.2. The van der Waals surface area contributed by atoms with Crippen LogP contribution in [0.1, 0.15) is 18.1 Å². The topological polar surface area (TPSA) is 86.2 Å². The second-order valence-corrected chi connectivity index (χ2v) is 7.21. The molecule has 1 saturated heterocycles. The maximum atomic E-state index is 11.9. The van der Waals surface area contributed by atoms with Gasteiger partial charge in [0.15, 0.2) is 6.29 Å². The molecule has 2 N–H and O–H groups in total. The number of amides is 1. The molecule has 1 fully saturated rings. The normalized spacial score (nSPS) is 26.3. The zero-order valence-corrected chi connectivity index (χ0v) is 17.3. The molecule has 0 unspecified atom stereocenters. The van der Waals surface area contributed by atoms with E-state index in [0.717, 1.165) is 11.1 Å². The van der Waals surface area contributed by atoms with Crippen molar-refractivity contribution in [2.24, 2.45) is 0 Å². The van der Waals surface area contributed by atoms with Gasteiger partial charge in [-0.05, 0) is 11.1 Å². The van der Waals surface area contributed by atoms with E-state index >= 15 is 0 Å². The van der Waals surface area contributed by atoms with Crippen LogP contribution in [0.5, 0.6) is 0 Å². The average Bonchev–Trinajstić information content (AvgIpc) is 2.77. The van der Waals surface area contributed by atoms with Gasteiger partial charge in [-0.15, -0.1) is 0 Å². The minimum Gasteiger partial charge on any atom is -0.394 e. The molecule has 7 heteroatoms. The summed E-state index contributed by atoms with van der Waals surface area (Å²) in [6.45, 7) is 1.80. The molecule has 2 aromatic carbocycles. The van der Waals surface area contributed by atoms with E-state index in [9.17, 15) is 9.90 Å². The molecule has 30 heavy (non-hydrogen) atoms. The number of benzene rings is 2. The first-order valence-electron chi connectivity index (χ1n) is 9.99. The Hall–Kier alpha value is -2.29. The van der Waals surface area contributed by atoms with Gasteiger partial charge in [-0.3, -0.25) is 4.79 Å². The highest BCUT2D eigenvalue weighted by atomic mass is 16.7. The molecule has 1 aliphatic rings. The third kappa shape index (κ3) is 5.87. The van der Waals surface area contributed by atoms with Crippen molar-refractivity contribution in [3.63, 3.8) is 0 Å². The van der Waals surface area contributed by atoms with Crippen molar-refractivity contribution < 1.29 is 28.8 Å². The molecule has 1 amide bonds. The lowest BCUT2D eigenvalue weighted by Crippen LogP contribution is -2.65. The smallest absolute Gasteiger partial charge is 0.217 e. The van der Waals surface area contributed by atoms with E-state index in [2.05, 4.69) is 5.32 Å². The first-order chi connectivity index (χ1) is 14.6. The monoisotopic (exact) mass is 415 g/mol. The molecule has 2 aromatic rings. The molecule has 0 spiro atoms. The maximum absolute atomic E-state index is 11.9. The number of aliphatic hydroxyl groups is 1. The van der Waals surface area contributed by atoms with Crippen LogP contribution in [-0.4, -0.2) is 55.4 Å². The number of hydrogen-bond donors (Lipinski definition) is 2. The average molecular weight is 415 g/mol. The minimum atomic E-state index is -0.775. The summed E-state index contributed by atoms with van der Waals surface area (Å²) >= 11 is 0. The minimum absolute atomic E-state index is 0.233. The van der Waals surface area contributed by atoms with Crippen LogP contribution >= 0.6 is 0 Å². The molecular weight excluding hydrogens is 386 g/mol. The van der Waals surface area contributed by atoms with Crippen LogP contribution in [0.15, 0.2) is 60.7 Å². The zero-order chi connectivity index (χ0) is 21.3. The number of aliphatic hydroxyl groups excluding tert-OH is 1. The van der Waals surface area contributed by atoms with Crippen molar-refractivity contribution in [2.75, 3.05) is 13.7 Å². The van der Waals surface area contributed by atoms with E-state index in [1.54, 1.807) is 0 Å². The number of carbonyl (C=O) groups is 1. The Morgan fingerprint density at radius 2 is 1.50 bits per heavy atom. The van der Waals surface area contributed by atoms with Crippen molar-refractivity contribution in [3.05, 3.63) is 71.8 Å². The predicted octanol–water partition coefficient (Wildman–Crippen LogP) is 2.03. The summed E-state index contributed by atoms with van der Waals surface area (Å²) in [5.41, 5.74) is 1.97. The highest BCUT2D eigenvalue weighted by molar-refractivity contribution is 5.73. The number of carbonyl (C=O) groups excluding carboxylic acids is 1. The SMILES string of the molecule is CO[C@@H]1O[C@H](CO)[C@@H](OCc2ccccc2)[C@H](OCc2ccccc2)[C@H]1NC(C)=O. The molecule has 0 aromatic heterocycles. The Labute approximate surface area is 176 Å². The van der Waals surface area contributed by atoms with Gasteiger partial charge in [-0.2, -0.15) is 0 Å². The summed E-state index contributed by atoms with van der Waals surface area (Å²) in [6.07, 6.45) is -2.64. The zero-order valence-electron chi connectivity index (χ0n) is 17.3. The highest BCUT2D eigenvalue weighted by Crippen LogP contribution is 2.28. The van der Waals surface area contributed by atoms with Gasteiger partial charge in [-0.25, -0.2) is 0 Å². The first-order valence-corrected chi connectivity index (χ1v) is 9.99. The standard InChI is InChI=1S/C23H29NO6/c1-16(26)24-20-22(29-15-18-11-7-4-8-12-18)21(19(13-25)30-23(20)27-2)28-14-17-9-5-3-6-10-17/h3-12,19-23,25H,13-15H2,1-2H3,(H,24,26)/t19-,20-,21-,22-,23-/m1/s1. The molecule has 162 valence electrons. The highest BCUT2D eigenvalue weighted by Gasteiger charge is 2.48. The quantitative estimate of drug-likeness (QED) is 0.652. The van der Waals surface area contributed by atoms with Crippen LogP contribution in [0.2, 0.25) is 0 Å². The van der Waals surface area contributed by atoms with Gasteiger partial charge in [0, 0.05) is 14.0 Å². The van der Waals surface area contributed by atoms with Crippen LogP contribution in [0.3, 0.4) is 0 Å². The Bertz CT molecular complexity index is 772. The summed E-state index contributed by atoms with van der Waals surface area (Å²) < 4.78 is 23.7. The van der Waals surface area contributed by atoms with Crippen LogP contribution < -0.4 is 5.32 Å². The van der Waals surface area contributed by atoms with E-state index in [0.29, 0.717) is 13.2 Å². The molecule has 3 rings (SSSR count). The van der Waals surface area contributed by atoms with Crippen LogP contribution in [0.4, 0.5) is 0 Å². The molecule has 1 aliphatic heterocycles. The Balaban J connectivity index is 1.83. The van der Waals surface area contributed by atoms with Gasteiger partial charge < -0.3 is 29.4 Å². The number of methoxy groups -OCH3 is 1. The molecular formula is C23H29NO6. The van der Waals surface area contributed by atoms with Gasteiger partial charge in [0.25, 0.3) is 0 Å². The summed E-state index contributed by atoms with van der Waals surface area (Å²) in [4.78, 5) is 11.9. The molecule has 0 saturated carbocycles. The molecule has 0 radical (unpaired) electrons. The van der Waals surface area contributed by atoms with Crippen molar-refractivity contribution in [1.82, 2.24) is 5.32 Å². The van der Waals surface area contributed by atoms with E-state index < -0.39 is 30.6 Å². The lowest BCUT2D eigenvalue weighted by molar-refractivity contribution is -0.282. The van der Waals surface area contributed by atoms with Gasteiger partial charge in [0.05, 0.1) is 19.8 Å². The Morgan fingerprint density at radius 3 is 1.97 bits per heavy atom. The first kappa shape index (κ1) is 22.4. The van der Waals surface area contributed by atoms with Crippen molar-refractivity contribution in [3.8, 4) is 0 Å². The molecule has 7 nitrogen and oxygen atoms in total. The molecule has 0 bridgehead atoms. The van der Waals surface area contributed by atoms with E-state index in [-0.39, 0.29) is 12.5 Å². The summed E-state index contributed by atoms with van der Waals surface area (Å²) in [7, 11) is 1.49. The Kier molecular flexibility index (Phi) is 8.36. The lowest BCUT2D eigenvalue weighted by atomic mass is 9.96. The van der Waals surface area contributed by atoms with E-state index in [1.165, 1.54) is 14.0 Å². The second-order valence-electron chi connectivity index (χ2n) is 7.21. The van der Waals surface area contributed by atoms with E-state index in [1.807, 2.05) is 60.7 Å². The van der Waals surface area contributed by atoms with Crippen LogP contribution in [0, 0.1) is 0 Å². The third-order valence-corrected chi connectivity index (χ3v) is 5.00. The number of rotatable bonds is 9. The summed E-state index contributed by atoms with van der Waals surface area (Å²) in [6, 6.07) is 18.9. The third-order valence-electron chi connectivity index (χ3n) is 5.00. The van der Waals surface area contributed by atoms with Gasteiger partial charge >= 0.3 is 0 Å². The van der Waals surface area contributed by atoms with Gasteiger partial charge in [0.2, 0.25) is 5.91 Å². The molecule has 5 atom stereocenters. The number of nitrogens with one attached hydrogen (secondary N) is 1. The van der Waals surface area contributed by atoms with Crippen LogP contribution in [-0.2, 0) is 37.0 Å². The Morgan fingerprint density at radius 1 is 0.967 bits per heavy atom. The molecule has 0 aliphatic carbocycles. The van der Waals surface area contributed by atoms with E-state index in [4.69, 9.17) is 18.9 Å². The predicted molar refractivity (Wildman–Crippen MR) is 110 cm³/mol. The number of hydrogen-bond acceptors (Lipinski definition) is 6. The van der Waals surface area contributed by atoms with Gasteiger partial charge in [-0.1, -0.05) is 60.7 Å². The largest absolute Gasteiger partial charge is 0.394 e. The van der Waals surface area contributed by atoms with Crippen molar-refractivity contribution >= 4 is 5.91 Å². The maximum Gasteiger partial charge on any atom is 0.217 e. The van der Waals surface area contributed by atoms with Crippen molar-refractivity contribution in [2.45, 2.75) is 50.8 Å². The summed E-state index contributed by atoms with van der Waals surface area (Å²) in [5.74, 6) is -0.233. The van der Waals surface area contributed by atoms with Crippen LogP contribution in [0.25, 0.3) is 0 Å². The number of ether oxygens (including phenoxy) is 4.